The highest BCUT2D eigenvalue weighted by atomic mass is 16.5. The van der Waals surface area contributed by atoms with E-state index >= 15 is 0 Å². The Morgan fingerprint density at radius 3 is 2.12 bits per heavy atom. The van der Waals surface area contributed by atoms with Gasteiger partial charge in [0.1, 0.15) is 5.75 Å². The maximum absolute atomic E-state index is 12.6. The van der Waals surface area contributed by atoms with Gasteiger partial charge in [-0.25, -0.2) is 0 Å². The van der Waals surface area contributed by atoms with E-state index in [1.54, 1.807) is 7.11 Å². The van der Waals surface area contributed by atoms with E-state index in [1.807, 2.05) is 29.2 Å². The first-order chi connectivity index (χ1) is 11.7. The number of anilines is 1. The van der Waals surface area contributed by atoms with E-state index in [1.165, 1.54) is 11.3 Å². The van der Waals surface area contributed by atoms with Gasteiger partial charge < -0.3 is 14.5 Å². The molecule has 0 radical (unpaired) electrons. The van der Waals surface area contributed by atoms with Crippen molar-refractivity contribution in [3.63, 3.8) is 0 Å². The summed E-state index contributed by atoms with van der Waals surface area (Å²) in [6.45, 7) is 5.40. The van der Waals surface area contributed by atoms with Gasteiger partial charge in [0, 0.05) is 37.4 Å². The first-order valence-electron chi connectivity index (χ1n) is 8.48. The van der Waals surface area contributed by atoms with Gasteiger partial charge in [0.15, 0.2) is 0 Å². The van der Waals surface area contributed by atoms with Crippen LogP contribution >= 0.6 is 0 Å². The van der Waals surface area contributed by atoms with Crippen molar-refractivity contribution < 1.29 is 9.53 Å². The zero-order valence-electron chi connectivity index (χ0n) is 14.4. The van der Waals surface area contributed by atoms with Crippen molar-refractivity contribution in [2.45, 2.75) is 13.3 Å². The largest absolute Gasteiger partial charge is 0.497 e. The van der Waals surface area contributed by atoms with Crippen molar-refractivity contribution in [3.05, 3.63) is 59.7 Å². The summed E-state index contributed by atoms with van der Waals surface area (Å²) < 4.78 is 5.14. The minimum atomic E-state index is 0.0960. The molecule has 0 aromatic heterocycles. The third-order valence-electron chi connectivity index (χ3n) is 4.61. The number of aryl methyl sites for hydroxylation is 1. The lowest BCUT2D eigenvalue weighted by molar-refractivity contribution is 0.0747. The summed E-state index contributed by atoms with van der Waals surface area (Å²) in [5.74, 6) is 0.866. The average Bonchev–Trinajstić information content (AvgIpc) is 2.68. The molecule has 1 aliphatic rings. The van der Waals surface area contributed by atoms with Crippen LogP contribution in [0.2, 0.25) is 0 Å². The van der Waals surface area contributed by atoms with Crippen molar-refractivity contribution in [3.8, 4) is 5.75 Å². The predicted molar refractivity (Wildman–Crippen MR) is 96.9 cm³/mol. The molecule has 1 saturated heterocycles. The van der Waals surface area contributed by atoms with Gasteiger partial charge in [-0.2, -0.15) is 0 Å². The molecule has 1 amide bonds. The van der Waals surface area contributed by atoms with Crippen molar-refractivity contribution in [1.82, 2.24) is 4.90 Å². The quantitative estimate of drug-likeness (QED) is 0.866. The molecule has 1 heterocycles. The molecule has 126 valence electrons. The number of nitrogens with zero attached hydrogens (tertiary/aromatic N) is 2. The molecule has 2 aromatic rings. The Labute approximate surface area is 143 Å². The van der Waals surface area contributed by atoms with Gasteiger partial charge in [-0.15, -0.1) is 0 Å². The number of ether oxygens (including phenoxy) is 1. The minimum Gasteiger partial charge on any atom is -0.497 e. The van der Waals surface area contributed by atoms with Crippen LogP contribution in [0.4, 0.5) is 5.69 Å². The van der Waals surface area contributed by atoms with Crippen LogP contribution in [0.25, 0.3) is 0 Å². The predicted octanol–water partition coefficient (Wildman–Crippen LogP) is 3.22. The molecule has 3 rings (SSSR count). The second-order valence-electron chi connectivity index (χ2n) is 6.03. The van der Waals surface area contributed by atoms with Crippen LogP contribution in [0, 0.1) is 0 Å². The van der Waals surface area contributed by atoms with E-state index in [2.05, 4.69) is 36.1 Å². The summed E-state index contributed by atoms with van der Waals surface area (Å²) in [7, 11) is 1.63. The van der Waals surface area contributed by atoms with Crippen LogP contribution in [0.3, 0.4) is 0 Å². The van der Waals surface area contributed by atoms with Crippen LogP contribution in [-0.4, -0.2) is 44.1 Å². The zero-order chi connectivity index (χ0) is 16.9. The highest BCUT2D eigenvalue weighted by Gasteiger charge is 2.22. The van der Waals surface area contributed by atoms with Crippen LogP contribution in [0.5, 0.6) is 5.75 Å². The fraction of sp³-hybridized carbons (Fsp3) is 0.350. The van der Waals surface area contributed by atoms with Crippen molar-refractivity contribution in [2.24, 2.45) is 0 Å². The molecular formula is C20H24N2O2. The Balaban J connectivity index is 1.60. The second-order valence-corrected chi connectivity index (χ2v) is 6.03. The van der Waals surface area contributed by atoms with Crippen molar-refractivity contribution in [2.75, 3.05) is 38.2 Å². The van der Waals surface area contributed by atoms with Crippen LogP contribution in [0.1, 0.15) is 22.8 Å². The Morgan fingerprint density at radius 1 is 0.958 bits per heavy atom. The smallest absolute Gasteiger partial charge is 0.253 e. The van der Waals surface area contributed by atoms with Gasteiger partial charge in [-0.05, 0) is 48.4 Å². The topological polar surface area (TPSA) is 32.8 Å². The number of hydrogen-bond acceptors (Lipinski definition) is 3. The Bertz CT molecular complexity index is 672. The molecule has 0 N–H and O–H groups in total. The van der Waals surface area contributed by atoms with E-state index in [-0.39, 0.29) is 5.91 Å². The zero-order valence-corrected chi connectivity index (χ0v) is 14.4. The van der Waals surface area contributed by atoms with E-state index in [0.717, 1.165) is 43.9 Å². The Hall–Kier alpha value is -2.49. The van der Waals surface area contributed by atoms with E-state index in [4.69, 9.17) is 4.74 Å². The first-order valence-corrected chi connectivity index (χ1v) is 8.48. The number of rotatable bonds is 4. The molecule has 2 aromatic carbocycles. The first kappa shape index (κ1) is 16.4. The van der Waals surface area contributed by atoms with E-state index < -0.39 is 0 Å². The third-order valence-corrected chi connectivity index (χ3v) is 4.61. The summed E-state index contributed by atoms with van der Waals surface area (Å²) in [5.41, 5.74) is 3.31. The number of methoxy groups -OCH3 is 1. The second kappa shape index (κ2) is 7.39. The van der Waals surface area contributed by atoms with E-state index in [0.29, 0.717) is 0 Å². The molecule has 1 aliphatic heterocycles. The summed E-state index contributed by atoms with van der Waals surface area (Å²) in [5, 5.41) is 0. The Morgan fingerprint density at radius 2 is 1.58 bits per heavy atom. The fourth-order valence-corrected chi connectivity index (χ4v) is 3.03. The summed E-state index contributed by atoms with van der Waals surface area (Å²) in [6, 6.07) is 16.1. The lowest BCUT2D eigenvalue weighted by Crippen LogP contribution is -2.48. The SMILES string of the molecule is CCc1ccc(N2CCN(C(=O)c3ccc(OC)cc3)CC2)cc1. The van der Waals surface area contributed by atoms with Gasteiger partial charge in [-0.3, -0.25) is 4.79 Å². The van der Waals surface area contributed by atoms with Gasteiger partial charge >= 0.3 is 0 Å². The Kier molecular flexibility index (Phi) is 5.04. The standard InChI is InChI=1S/C20H24N2O2/c1-3-16-4-8-18(9-5-16)21-12-14-22(15-13-21)20(23)17-6-10-19(24-2)11-7-17/h4-11H,3,12-15H2,1-2H3. The molecule has 0 unspecified atom stereocenters. The number of carbonyl (C=O) groups is 1. The highest BCUT2D eigenvalue weighted by molar-refractivity contribution is 5.94. The average molecular weight is 324 g/mol. The van der Waals surface area contributed by atoms with Gasteiger partial charge in [0.2, 0.25) is 0 Å². The third kappa shape index (κ3) is 3.53. The number of piperazine rings is 1. The van der Waals surface area contributed by atoms with Gasteiger partial charge in [0.25, 0.3) is 5.91 Å². The molecule has 0 aliphatic carbocycles. The summed E-state index contributed by atoms with van der Waals surface area (Å²) in [4.78, 5) is 16.9. The van der Waals surface area contributed by atoms with Crippen molar-refractivity contribution >= 4 is 11.6 Å². The van der Waals surface area contributed by atoms with Crippen LogP contribution in [-0.2, 0) is 6.42 Å². The highest BCUT2D eigenvalue weighted by Crippen LogP contribution is 2.19. The lowest BCUT2D eigenvalue weighted by Gasteiger charge is -2.36. The van der Waals surface area contributed by atoms with E-state index in [9.17, 15) is 4.79 Å². The molecule has 0 bridgehead atoms. The number of amides is 1. The molecular weight excluding hydrogens is 300 g/mol. The van der Waals surface area contributed by atoms with Crippen LogP contribution in [0.15, 0.2) is 48.5 Å². The summed E-state index contributed by atoms with van der Waals surface area (Å²) >= 11 is 0. The molecule has 4 nitrogen and oxygen atoms in total. The monoisotopic (exact) mass is 324 g/mol. The number of carbonyl (C=O) groups excluding carboxylic acids is 1. The normalized spacial score (nSPS) is 14.6. The van der Waals surface area contributed by atoms with Crippen LogP contribution < -0.4 is 9.64 Å². The molecule has 0 atom stereocenters. The van der Waals surface area contributed by atoms with Crippen molar-refractivity contribution in [1.29, 1.82) is 0 Å². The van der Waals surface area contributed by atoms with Gasteiger partial charge in [-0.1, -0.05) is 19.1 Å². The molecule has 4 heteroatoms. The fourth-order valence-electron chi connectivity index (χ4n) is 3.03. The maximum atomic E-state index is 12.6. The number of hydrogen-bond donors (Lipinski definition) is 0. The van der Waals surface area contributed by atoms with Gasteiger partial charge in [0.05, 0.1) is 7.11 Å². The molecule has 1 fully saturated rings. The molecule has 0 saturated carbocycles. The minimum absolute atomic E-state index is 0.0960. The molecule has 24 heavy (non-hydrogen) atoms. The lowest BCUT2D eigenvalue weighted by atomic mass is 10.1. The molecule has 0 spiro atoms. The number of benzene rings is 2. The maximum Gasteiger partial charge on any atom is 0.253 e. The summed E-state index contributed by atoms with van der Waals surface area (Å²) in [6.07, 6.45) is 1.06.